The van der Waals surface area contributed by atoms with Crippen molar-refractivity contribution in [2.75, 3.05) is 18.5 Å². The van der Waals surface area contributed by atoms with Crippen LogP contribution in [0.15, 0.2) is 18.5 Å². The molecule has 0 amide bonds. The smallest absolute Gasteiger partial charge is 0.228 e. The van der Waals surface area contributed by atoms with Gasteiger partial charge in [-0.05, 0) is 24.6 Å². The minimum atomic E-state index is -0.257. The fourth-order valence-electron chi connectivity index (χ4n) is 2.24. The Morgan fingerprint density at radius 3 is 2.79 bits per heavy atom. The second-order valence-corrected chi connectivity index (χ2v) is 5.10. The number of nitrogens with one attached hydrogen (secondary N) is 1. The Balaban J connectivity index is 2.07. The van der Waals surface area contributed by atoms with Crippen molar-refractivity contribution in [2.24, 2.45) is 0 Å². The normalized spacial score (nSPS) is 11.1. The summed E-state index contributed by atoms with van der Waals surface area (Å²) in [6.45, 7) is 3.23. The summed E-state index contributed by atoms with van der Waals surface area (Å²) >= 11 is 6.01. The molecule has 0 atom stereocenters. The predicted molar refractivity (Wildman–Crippen MR) is 88.1 cm³/mol. The van der Waals surface area contributed by atoms with E-state index >= 15 is 0 Å². The standard InChI is InChI=1S/C14H16ClN7O2/c1-2-24-7-6-22-11-10(9(8-23)21-22)18-13(15)19-12(11)20-14-16-4-3-5-17-14/h3-5,23H,2,6-8H2,1H3,(H,16,17,18,19,20). The minimum Gasteiger partial charge on any atom is -0.390 e. The predicted octanol–water partition coefficient (Wildman–Crippen LogP) is 1.54. The lowest BCUT2D eigenvalue weighted by molar-refractivity contribution is 0.137. The molecule has 0 unspecified atom stereocenters. The molecule has 0 spiro atoms. The third kappa shape index (κ3) is 3.42. The quantitative estimate of drug-likeness (QED) is 0.488. The molecule has 126 valence electrons. The molecule has 3 aromatic rings. The average Bonchev–Trinajstić information content (AvgIpc) is 2.94. The molecule has 3 aromatic heterocycles. The summed E-state index contributed by atoms with van der Waals surface area (Å²) in [6, 6.07) is 1.71. The van der Waals surface area contributed by atoms with Gasteiger partial charge in [0, 0.05) is 19.0 Å². The van der Waals surface area contributed by atoms with E-state index in [1.807, 2.05) is 6.92 Å². The third-order valence-electron chi connectivity index (χ3n) is 3.23. The fourth-order valence-corrected chi connectivity index (χ4v) is 2.41. The van der Waals surface area contributed by atoms with Gasteiger partial charge in [0.05, 0.1) is 19.8 Å². The van der Waals surface area contributed by atoms with E-state index in [1.54, 1.807) is 23.1 Å². The van der Waals surface area contributed by atoms with E-state index in [1.165, 1.54) is 0 Å². The number of aliphatic hydroxyl groups excluding tert-OH is 1. The van der Waals surface area contributed by atoms with E-state index < -0.39 is 0 Å². The highest BCUT2D eigenvalue weighted by atomic mass is 35.5. The van der Waals surface area contributed by atoms with E-state index in [0.717, 1.165) is 0 Å². The molecule has 0 aliphatic heterocycles. The van der Waals surface area contributed by atoms with Crippen molar-refractivity contribution >= 4 is 34.4 Å². The number of nitrogens with zero attached hydrogens (tertiary/aromatic N) is 6. The van der Waals surface area contributed by atoms with Crippen molar-refractivity contribution in [2.45, 2.75) is 20.1 Å². The number of aromatic nitrogens is 6. The van der Waals surface area contributed by atoms with Crippen LogP contribution >= 0.6 is 11.6 Å². The molecule has 10 heteroatoms. The SMILES string of the molecule is CCOCCn1nc(CO)c2nc(Cl)nc(Nc3ncccn3)c21. The Labute approximate surface area is 142 Å². The summed E-state index contributed by atoms with van der Waals surface area (Å²) in [6.07, 6.45) is 3.22. The van der Waals surface area contributed by atoms with E-state index in [9.17, 15) is 5.11 Å². The lowest BCUT2D eigenvalue weighted by Gasteiger charge is -2.08. The zero-order valence-corrected chi connectivity index (χ0v) is 13.7. The highest BCUT2D eigenvalue weighted by Crippen LogP contribution is 2.26. The van der Waals surface area contributed by atoms with Crippen molar-refractivity contribution in [1.29, 1.82) is 0 Å². The van der Waals surface area contributed by atoms with Crippen LogP contribution in [0.1, 0.15) is 12.6 Å². The van der Waals surface area contributed by atoms with Crippen molar-refractivity contribution in [3.05, 3.63) is 29.4 Å². The van der Waals surface area contributed by atoms with E-state index in [2.05, 4.69) is 30.4 Å². The first-order valence-electron chi connectivity index (χ1n) is 7.38. The van der Waals surface area contributed by atoms with Crippen LogP contribution < -0.4 is 5.32 Å². The van der Waals surface area contributed by atoms with Gasteiger partial charge in [-0.3, -0.25) is 4.68 Å². The Bertz CT molecular complexity index is 825. The van der Waals surface area contributed by atoms with Gasteiger partial charge in [-0.25, -0.2) is 15.0 Å². The van der Waals surface area contributed by atoms with Crippen LogP contribution in [0, 0.1) is 0 Å². The van der Waals surface area contributed by atoms with Gasteiger partial charge in [-0.15, -0.1) is 0 Å². The molecule has 0 aliphatic carbocycles. The van der Waals surface area contributed by atoms with Gasteiger partial charge in [0.15, 0.2) is 5.82 Å². The number of halogens is 1. The van der Waals surface area contributed by atoms with Crippen LogP contribution in [0.2, 0.25) is 5.28 Å². The number of fused-ring (bicyclic) bond motifs is 1. The van der Waals surface area contributed by atoms with Crippen molar-refractivity contribution in [3.8, 4) is 0 Å². The van der Waals surface area contributed by atoms with E-state index in [0.29, 0.717) is 48.3 Å². The fraction of sp³-hybridized carbons (Fsp3) is 0.357. The molecule has 0 bridgehead atoms. The molecule has 3 rings (SSSR count). The largest absolute Gasteiger partial charge is 0.390 e. The molecule has 2 N–H and O–H groups in total. The van der Waals surface area contributed by atoms with E-state index in [4.69, 9.17) is 16.3 Å². The van der Waals surface area contributed by atoms with Crippen molar-refractivity contribution < 1.29 is 9.84 Å². The first-order chi connectivity index (χ1) is 11.7. The Morgan fingerprint density at radius 1 is 1.29 bits per heavy atom. The van der Waals surface area contributed by atoms with Crippen LogP contribution in [0.4, 0.5) is 11.8 Å². The molecule has 0 aliphatic rings. The summed E-state index contributed by atoms with van der Waals surface area (Å²) in [5, 5.41) is 17.0. The van der Waals surface area contributed by atoms with Gasteiger partial charge in [0.25, 0.3) is 0 Å². The van der Waals surface area contributed by atoms with Crippen molar-refractivity contribution in [3.63, 3.8) is 0 Å². The summed E-state index contributed by atoms with van der Waals surface area (Å²) in [4.78, 5) is 16.6. The number of hydrogen-bond donors (Lipinski definition) is 2. The van der Waals surface area contributed by atoms with Crippen molar-refractivity contribution in [1.82, 2.24) is 29.7 Å². The number of ether oxygens (including phenoxy) is 1. The second kappa shape index (κ2) is 7.47. The molecule has 9 nitrogen and oxygen atoms in total. The van der Waals surface area contributed by atoms with Gasteiger partial charge >= 0.3 is 0 Å². The number of rotatable bonds is 7. The average molecular weight is 350 g/mol. The molecule has 0 saturated carbocycles. The van der Waals surface area contributed by atoms with E-state index in [-0.39, 0.29) is 11.9 Å². The zero-order valence-electron chi connectivity index (χ0n) is 13.0. The highest BCUT2D eigenvalue weighted by Gasteiger charge is 2.18. The molecule has 0 fully saturated rings. The minimum absolute atomic E-state index is 0.0417. The highest BCUT2D eigenvalue weighted by molar-refractivity contribution is 6.28. The third-order valence-corrected chi connectivity index (χ3v) is 3.40. The van der Waals surface area contributed by atoms with Gasteiger partial charge in [0.1, 0.15) is 16.7 Å². The molecular weight excluding hydrogens is 334 g/mol. The summed E-state index contributed by atoms with van der Waals surface area (Å²) in [5.41, 5.74) is 1.51. The monoisotopic (exact) mass is 349 g/mol. The number of aliphatic hydroxyl groups is 1. The summed E-state index contributed by atoms with van der Waals surface area (Å²) in [7, 11) is 0. The van der Waals surface area contributed by atoms with Gasteiger partial charge in [0.2, 0.25) is 11.2 Å². The molecule has 0 saturated heterocycles. The topological polar surface area (TPSA) is 111 Å². The summed E-state index contributed by atoms with van der Waals surface area (Å²) < 4.78 is 7.05. The Hall–Kier alpha value is -2.36. The van der Waals surface area contributed by atoms with Crippen LogP contribution in [0.5, 0.6) is 0 Å². The first kappa shape index (κ1) is 16.5. The molecular formula is C14H16ClN7O2. The van der Waals surface area contributed by atoms with Crippen LogP contribution in [0.25, 0.3) is 11.0 Å². The second-order valence-electron chi connectivity index (χ2n) is 4.76. The lowest BCUT2D eigenvalue weighted by Crippen LogP contribution is -2.09. The molecule has 3 heterocycles. The Kier molecular flexibility index (Phi) is 5.14. The first-order valence-corrected chi connectivity index (χ1v) is 7.76. The number of hydrogen-bond acceptors (Lipinski definition) is 8. The van der Waals surface area contributed by atoms with Crippen LogP contribution in [0.3, 0.4) is 0 Å². The maximum absolute atomic E-state index is 9.54. The molecule has 24 heavy (non-hydrogen) atoms. The maximum Gasteiger partial charge on any atom is 0.228 e. The molecule has 0 aromatic carbocycles. The number of anilines is 2. The van der Waals surface area contributed by atoms with Crippen LogP contribution in [-0.4, -0.2) is 48.0 Å². The maximum atomic E-state index is 9.54. The summed E-state index contributed by atoms with van der Waals surface area (Å²) in [5.74, 6) is 0.788. The van der Waals surface area contributed by atoms with Gasteiger partial charge < -0.3 is 15.2 Å². The van der Waals surface area contributed by atoms with Gasteiger partial charge in [-0.1, -0.05) is 0 Å². The Morgan fingerprint density at radius 2 is 2.08 bits per heavy atom. The van der Waals surface area contributed by atoms with Crippen LogP contribution in [-0.2, 0) is 17.9 Å². The zero-order chi connectivity index (χ0) is 16.9. The molecule has 0 radical (unpaired) electrons. The lowest BCUT2D eigenvalue weighted by atomic mass is 10.3. The van der Waals surface area contributed by atoms with Gasteiger partial charge in [-0.2, -0.15) is 10.1 Å².